The van der Waals surface area contributed by atoms with Crippen molar-refractivity contribution in [2.75, 3.05) is 7.11 Å². The summed E-state index contributed by atoms with van der Waals surface area (Å²) in [6.07, 6.45) is 1.41. The topological polar surface area (TPSA) is 53.4 Å². The van der Waals surface area contributed by atoms with Crippen LogP contribution in [0.15, 0.2) is 30.5 Å². The number of aryl methyl sites for hydroxylation is 1. The quantitative estimate of drug-likeness (QED) is 0.789. The molecule has 2 rings (SSSR count). The summed E-state index contributed by atoms with van der Waals surface area (Å²) >= 11 is 0. The SMILES string of the molecule is COc1cnn(C)c1C(=O)c1cccc(OC(F)F)c1. The molecule has 106 valence electrons. The largest absolute Gasteiger partial charge is 0.493 e. The van der Waals surface area contributed by atoms with Crippen LogP contribution in [0, 0.1) is 0 Å². The maximum absolute atomic E-state index is 12.4. The third-order valence-electron chi connectivity index (χ3n) is 2.66. The number of ether oxygens (including phenoxy) is 2. The summed E-state index contributed by atoms with van der Waals surface area (Å²) in [7, 11) is 3.01. The zero-order valence-electron chi connectivity index (χ0n) is 10.8. The summed E-state index contributed by atoms with van der Waals surface area (Å²) < 4.78 is 35.0. The molecule has 0 aliphatic carbocycles. The first-order valence-corrected chi connectivity index (χ1v) is 5.68. The molecule has 0 N–H and O–H groups in total. The maximum Gasteiger partial charge on any atom is 0.387 e. The molecule has 0 amide bonds. The molecule has 1 aromatic heterocycles. The van der Waals surface area contributed by atoms with E-state index in [1.165, 1.54) is 42.3 Å². The fraction of sp³-hybridized carbons (Fsp3) is 0.231. The number of hydrogen-bond donors (Lipinski definition) is 0. The Labute approximate surface area is 113 Å². The Balaban J connectivity index is 2.36. The van der Waals surface area contributed by atoms with Crippen molar-refractivity contribution in [3.05, 3.63) is 41.7 Å². The number of benzene rings is 1. The molecule has 0 aliphatic heterocycles. The third-order valence-corrected chi connectivity index (χ3v) is 2.66. The number of hydrogen-bond acceptors (Lipinski definition) is 4. The van der Waals surface area contributed by atoms with E-state index in [-0.39, 0.29) is 22.8 Å². The second-order valence-electron chi connectivity index (χ2n) is 3.92. The molecule has 0 unspecified atom stereocenters. The predicted octanol–water partition coefficient (Wildman–Crippen LogP) is 2.26. The first kappa shape index (κ1) is 14.0. The Morgan fingerprint density at radius 1 is 1.40 bits per heavy atom. The van der Waals surface area contributed by atoms with E-state index in [1.54, 1.807) is 7.05 Å². The van der Waals surface area contributed by atoms with Crippen LogP contribution in [0.5, 0.6) is 11.5 Å². The smallest absolute Gasteiger partial charge is 0.387 e. The summed E-state index contributed by atoms with van der Waals surface area (Å²) in [5, 5.41) is 3.92. The first-order chi connectivity index (χ1) is 9.52. The maximum atomic E-state index is 12.4. The van der Waals surface area contributed by atoms with Gasteiger partial charge in [0.15, 0.2) is 11.4 Å². The number of nitrogens with zero attached hydrogens (tertiary/aromatic N) is 2. The highest BCUT2D eigenvalue weighted by Crippen LogP contribution is 2.23. The second kappa shape index (κ2) is 5.68. The van der Waals surface area contributed by atoms with Crippen LogP contribution >= 0.6 is 0 Å². The number of carbonyl (C=O) groups excluding carboxylic acids is 1. The van der Waals surface area contributed by atoms with Crippen LogP contribution in [0.4, 0.5) is 8.78 Å². The Hall–Kier alpha value is -2.44. The Kier molecular flexibility index (Phi) is 3.97. The Morgan fingerprint density at radius 2 is 2.15 bits per heavy atom. The lowest BCUT2D eigenvalue weighted by Crippen LogP contribution is -2.10. The second-order valence-corrected chi connectivity index (χ2v) is 3.92. The van der Waals surface area contributed by atoms with Gasteiger partial charge in [0.2, 0.25) is 5.78 Å². The van der Waals surface area contributed by atoms with Crippen molar-refractivity contribution in [2.24, 2.45) is 7.05 Å². The summed E-state index contributed by atoms with van der Waals surface area (Å²) in [4.78, 5) is 12.4. The lowest BCUT2D eigenvalue weighted by Gasteiger charge is -2.07. The van der Waals surface area contributed by atoms with Crippen LogP contribution in [0.1, 0.15) is 16.1 Å². The first-order valence-electron chi connectivity index (χ1n) is 5.68. The summed E-state index contributed by atoms with van der Waals surface area (Å²) in [6, 6.07) is 5.57. The van der Waals surface area contributed by atoms with Crippen molar-refractivity contribution < 1.29 is 23.0 Å². The fourth-order valence-electron chi connectivity index (χ4n) is 1.78. The van der Waals surface area contributed by atoms with Crippen molar-refractivity contribution in [3.63, 3.8) is 0 Å². The molecule has 0 aliphatic rings. The van der Waals surface area contributed by atoms with E-state index >= 15 is 0 Å². The predicted molar refractivity (Wildman–Crippen MR) is 66.3 cm³/mol. The van der Waals surface area contributed by atoms with Gasteiger partial charge in [0, 0.05) is 12.6 Å². The number of halogens is 2. The van der Waals surface area contributed by atoms with Crippen LogP contribution < -0.4 is 9.47 Å². The van der Waals surface area contributed by atoms with Crippen LogP contribution in [0.3, 0.4) is 0 Å². The molecule has 20 heavy (non-hydrogen) atoms. The molecule has 0 radical (unpaired) electrons. The van der Waals surface area contributed by atoms with E-state index in [9.17, 15) is 13.6 Å². The number of rotatable bonds is 5. The lowest BCUT2D eigenvalue weighted by atomic mass is 10.1. The molecule has 7 heteroatoms. The molecule has 0 saturated carbocycles. The highest BCUT2D eigenvalue weighted by Gasteiger charge is 2.20. The van der Waals surface area contributed by atoms with E-state index in [1.807, 2.05) is 0 Å². The fourth-order valence-corrected chi connectivity index (χ4v) is 1.78. The lowest BCUT2D eigenvalue weighted by molar-refractivity contribution is -0.0498. The van der Waals surface area contributed by atoms with Gasteiger partial charge in [0.25, 0.3) is 0 Å². The highest BCUT2D eigenvalue weighted by atomic mass is 19.3. The van der Waals surface area contributed by atoms with E-state index in [2.05, 4.69) is 9.84 Å². The standard InChI is InChI=1S/C13H12F2N2O3/c1-17-11(10(19-2)7-16-17)12(18)8-4-3-5-9(6-8)20-13(14)15/h3-7,13H,1-2H3. The van der Waals surface area contributed by atoms with Crippen molar-refractivity contribution in [1.29, 1.82) is 0 Å². The van der Waals surface area contributed by atoms with Gasteiger partial charge < -0.3 is 9.47 Å². The van der Waals surface area contributed by atoms with Gasteiger partial charge >= 0.3 is 6.61 Å². The number of carbonyl (C=O) groups is 1. The number of ketones is 1. The van der Waals surface area contributed by atoms with E-state index < -0.39 is 6.61 Å². The van der Waals surface area contributed by atoms with Crippen LogP contribution in [-0.2, 0) is 7.05 Å². The normalized spacial score (nSPS) is 10.7. The Morgan fingerprint density at radius 3 is 2.80 bits per heavy atom. The van der Waals surface area contributed by atoms with Crippen molar-refractivity contribution in [3.8, 4) is 11.5 Å². The van der Waals surface area contributed by atoms with Crippen LogP contribution in [0.2, 0.25) is 0 Å². The van der Waals surface area contributed by atoms with Gasteiger partial charge in [0.05, 0.1) is 13.3 Å². The van der Waals surface area contributed by atoms with Crippen LogP contribution in [0.25, 0.3) is 0 Å². The number of methoxy groups -OCH3 is 1. The molecule has 2 aromatic rings. The molecular weight excluding hydrogens is 270 g/mol. The number of aromatic nitrogens is 2. The van der Waals surface area contributed by atoms with Gasteiger partial charge in [-0.25, -0.2) is 0 Å². The molecule has 0 atom stereocenters. The molecule has 0 spiro atoms. The third kappa shape index (κ3) is 2.76. The zero-order valence-corrected chi connectivity index (χ0v) is 10.8. The molecule has 0 saturated heterocycles. The summed E-state index contributed by atoms with van der Waals surface area (Å²) in [5.74, 6) is -0.147. The van der Waals surface area contributed by atoms with Crippen molar-refractivity contribution in [2.45, 2.75) is 6.61 Å². The van der Waals surface area contributed by atoms with Gasteiger partial charge in [-0.05, 0) is 12.1 Å². The minimum Gasteiger partial charge on any atom is -0.493 e. The van der Waals surface area contributed by atoms with Crippen molar-refractivity contribution >= 4 is 5.78 Å². The molecule has 1 aromatic carbocycles. The molecule has 5 nitrogen and oxygen atoms in total. The van der Waals surface area contributed by atoms with E-state index in [0.717, 1.165) is 0 Å². The van der Waals surface area contributed by atoms with Gasteiger partial charge in [-0.15, -0.1) is 0 Å². The van der Waals surface area contributed by atoms with Gasteiger partial charge in [-0.2, -0.15) is 13.9 Å². The molecular formula is C13H12F2N2O3. The summed E-state index contributed by atoms with van der Waals surface area (Å²) in [5.41, 5.74) is 0.451. The highest BCUT2D eigenvalue weighted by molar-refractivity contribution is 6.09. The average molecular weight is 282 g/mol. The van der Waals surface area contributed by atoms with Gasteiger partial charge in [-0.3, -0.25) is 9.48 Å². The van der Waals surface area contributed by atoms with Gasteiger partial charge in [0.1, 0.15) is 5.75 Å². The Bertz CT molecular complexity index is 626. The monoisotopic (exact) mass is 282 g/mol. The minimum absolute atomic E-state index is 0.0769. The van der Waals surface area contributed by atoms with Gasteiger partial charge in [-0.1, -0.05) is 12.1 Å². The average Bonchev–Trinajstić information content (AvgIpc) is 2.78. The van der Waals surface area contributed by atoms with E-state index in [4.69, 9.17) is 4.74 Å². The minimum atomic E-state index is -2.94. The van der Waals surface area contributed by atoms with Crippen molar-refractivity contribution in [1.82, 2.24) is 9.78 Å². The van der Waals surface area contributed by atoms with Crippen LogP contribution in [-0.4, -0.2) is 29.3 Å². The molecule has 1 heterocycles. The summed E-state index contributed by atoms with van der Waals surface area (Å²) in [6.45, 7) is -2.94. The molecule has 0 bridgehead atoms. The molecule has 0 fully saturated rings. The number of alkyl halides is 2. The van der Waals surface area contributed by atoms with E-state index in [0.29, 0.717) is 5.75 Å². The zero-order chi connectivity index (χ0) is 14.7.